The van der Waals surface area contributed by atoms with Crippen LogP contribution in [-0.4, -0.2) is 25.7 Å². The molecule has 5 heteroatoms. The summed E-state index contributed by atoms with van der Waals surface area (Å²) in [6.07, 6.45) is 0. The van der Waals surface area contributed by atoms with Gasteiger partial charge in [0.2, 0.25) is 0 Å². The lowest BCUT2D eigenvalue weighted by Gasteiger charge is -2.12. The Morgan fingerprint density at radius 1 is 1.50 bits per heavy atom. The number of carbonyl (C=O) groups is 1. The second-order valence-corrected chi connectivity index (χ2v) is 3.45. The third-order valence-electron chi connectivity index (χ3n) is 1.97. The number of rotatable bonds is 4. The molecule has 0 aromatic heterocycles. The highest BCUT2D eigenvalue weighted by Crippen LogP contribution is 2.09. The number of carbonyl (C=O) groups excluding carboxylic acids is 1. The monoisotopic (exact) mass is 229 g/mol. The molecule has 0 radical (unpaired) electrons. The molecule has 1 aromatic rings. The topological polar surface area (TPSA) is 38.3 Å². The van der Waals surface area contributed by atoms with Gasteiger partial charge in [-0.3, -0.25) is 4.79 Å². The van der Waals surface area contributed by atoms with Gasteiger partial charge in [0.25, 0.3) is 5.91 Å². The van der Waals surface area contributed by atoms with Gasteiger partial charge in [-0.05, 0) is 25.1 Å². The van der Waals surface area contributed by atoms with Gasteiger partial charge < -0.3 is 10.1 Å². The lowest BCUT2D eigenvalue weighted by atomic mass is 10.2. The zero-order chi connectivity index (χ0) is 12.1. The molecule has 88 valence electrons. The molecular formula is C11H13F2NO2. The molecular weight excluding hydrogens is 216 g/mol. The molecule has 0 saturated carbocycles. The number of nitrogens with one attached hydrogen (secondary N) is 1. The second-order valence-electron chi connectivity index (χ2n) is 3.45. The molecule has 1 N–H and O–H groups in total. The molecule has 1 rings (SSSR count). The Morgan fingerprint density at radius 2 is 2.19 bits per heavy atom. The summed E-state index contributed by atoms with van der Waals surface area (Å²) in [4.78, 5) is 11.5. The Kier molecular flexibility index (Phi) is 4.37. The smallest absolute Gasteiger partial charge is 0.254 e. The predicted octanol–water partition coefficient (Wildman–Crippen LogP) is 1.73. The van der Waals surface area contributed by atoms with Crippen molar-refractivity contribution in [1.29, 1.82) is 0 Å². The van der Waals surface area contributed by atoms with E-state index >= 15 is 0 Å². The molecule has 0 unspecified atom stereocenters. The minimum Gasteiger partial charge on any atom is -0.383 e. The van der Waals surface area contributed by atoms with E-state index in [1.807, 2.05) is 0 Å². The van der Waals surface area contributed by atoms with Crippen molar-refractivity contribution in [2.75, 3.05) is 13.7 Å². The van der Waals surface area contributed by atoms with Crippen molar-refractivity contribution < 1.29 is 18.3 Å². The molecule has 1 aromatic carbocycles. The molecule has 0 aliphatic carbocycles. The second kappa shape index (κ2) is 5.55. The van der Waals surface area contributed by atoms with Crippen LogP contribution in [0, 0.1) is 11.6 Å². The summed E-state index contributed by atoms with van der Waals surface area (Å²) < 4.78 is 30.8. The van der Waals surface area contributed by atoms with E-state index in [9.17, 15) is 13.6 Å². The van der Waals surface area contributed by atoms with Gasteiger partial charge in [-0.2, -0.15) is 0 Å². The van der Waals surface area contributed by atoms with E-state index in [4.69, 9.17) is 4.74 Å². The molecule has 1 atom stereocenters. The van der Waals surface area contributed by atoms with Crippen LogP contribution in [-0.2, 0) is 4.74 Å². The van der Waals surface area contributed by atoms with Crippen molar-refractivity contribution in [2.24, 2.45) is 0 Å². The predicted molar refractivity (Wildman–Crippen MR) is 55.2 cm³/mol. The van der Waals surface area contributed by atoms with Gasteiger partial charge in [0.05, 0.1) is 12.2 Å². The first-order valence-electron chi connectivity index (χ1n) is 4.79. The Hall–Kier alpha value is -1.49. The summed E-state index contributed by atoms with van der Waals surface area (Å²) in [5, 5.41) is 2.49. The lowest BCUT2D eigenvalue weighted by Crippen LogP contribution is -2.36. The van der Waals surface area contributed by atoms with E-state index in [-0.39, 0.29) is 11.6 Å². The summed E-state index contributed by atoms with van der Waals surface area (Å²) in [5.74, 6) is -2.05. The summed E-state index contributed by atoms with van der Waals surface area (Å²) in [6, 6.07) is 2.49. The van der Waals surface area contributed by atoms with Crippen LogP contribution in [0.25, 0.3) is 0 Å². The lowest BCUT2D eigenvalue weighted by molar-refractivity contribution is 0.0901. The van der Waals surface area contributed by atoms with Crippen LogP contribution in [0.4, 0.5) is 8.78 Å². The third-order valence-corrected chi connectivity index (χ3v) is 1.97. The Bertz CT molecular complexity index is 382. The van der Waals surface area contributed by atoms with Crippen molar-refractivity contribution in [1.82, 2.24) is 5.32 Å². The van der Waals surface area contributed by atoms with Gasteiger partial charge >= 0.3 is 0 Å². The van der Waals surface area contributed by atoms with Crippen LogP contribution in [0.2, 0.25) is 0 Å². The number of benzene rings is 1. The standard InChI is InChI=1S/C11H13F2NO2/c1-7(6-16-2)14-11(15)9-5-8(12)3-4-10(9)13/h3-5,7H,6H2,1-2H3,(H,14,15)/t7-/m1/s1. The van der Waals surface area contributed by atoms with Crippen molar-refractivity contribution in [3.8, 4) is 0 Å². The zero-order valence-corrected chi connectivity index (χ0v) is 9.09. The molecule has 0 spiro atoms. The molecule has 16 heavy (non-hydrogen) atoms. The number of hydrogen-bond acceptors (Lipinski definition) is 2. The molecule has 0 heterocycles. The highest BCUT2D eigenvalue weighted by atomic mass is 19.1. The van der Waals surface area contributed by atoms with Gasteiger partial charge in [0.1, 0.15) is 11.6 Å². The molecule has 0 bridgehead atoms. The van der Waals surface area contributed by atoms with Crippen LogP contribution >= 0.6 is 0 Å². The first-order chi connectivity index (χ1) is 7.54. The maximum Gasteiger partial charge on any atom is 0.254 e. The van der Waals surface area contributed by atoms with E-state index in [0.29, 0.717) is 6.61 Å². The average Bonchev–Trinajstić information content (AvgIpc) is 2.21. The normalized spacial score (nSPS) is 12.2. The summed E-state index contributed by atoms with van der Waals surface area (Å²) in [6.45, 7) is 2.02. The van der Waals surface area contributed by atoms with E-state index in [2.05, 4.69) is 5.32 Å². The number of hydrogen-bond donors (Lipinski definition) is 1. The van der Waals surface area contributed by atoms with Gasteiger partial charge in [-0.1, -0.05) is 0 Å². The highest BCUT2D eigenvalue weighted by molar-refractivity contribution is 5.94. The van der Waals surface area contributed by atoms with Crippen molar-refractivity contribution >= 4 is 5.91 Å². The third kappa shape index (κ3) is 3.27. The fraction of sp³-hybridized carbons (Fsp3) is 0.364. The minimum absolute atomic E-state index is 0.264. The van der Waals surface area contributed by atoms with Gasteiger partial charge in [-0.25, -0.2) is 8.78 Å². The van der Waals surface area contributed by atoms with Gasteiger partial charge in [-0.15, -0.1) is 0 Å². The summed E-state index contributed by atoms with van der Waals surface area (Å²) in [7, 11) is 1.49. The SMILES string of the molecule is COC[C@@H](C)NC(=O)c1cc(F)ccc1F. The van der Waals surface area contributed by atoms with Crippen LogP contribution in [0.3, 0.4) is 0 Å². The van der Waals surface area contributed by atoms with Crippen molar-refractivity contribution in [3.05, 3.63) is 35.4 Å². The molecule has 0 aliphatic heterocycles. The molecule has 0 aliphatic rings. The Balaban J connectivity index is 2.76. The first kappa shape index (κ1) is 12.6. The number of amides is 1. The molecule has 1 amide bonds. The molecule has 0 saturated heterocycles. The van der Waals surface area contributed by atoms with E-state index < -0.39 is 17.5 Å². The van der Waals surface area contributed by atoms with E-state index in [0.717, 1.165) is 18.2 Å². The van der Waals surface area contributed by atoms with Crippen LogP contribution < -0.4 is 5.32 Å². The van der Waals surface area contributed by atoms with Crippen molar-refractivity contribution in [2.45, 2.75) is 13.0 Å². The Labute approximate surface area is 92.4 Å². The largest absolute Gasteiger partial charge is 0.383 e. The average molecular weight is 229 g/mol. The molecule has 3 nitrogen and oxygen atoms in total. The van der Waals surface area contributed by atoms with Crippen LogP contribution in [0.15, 0.2) is 18.2 Å². The van der Waals surface area contributed by atoms with Gasteiger partial charge in [0.15, 0.2) is 0 Å². The zero-order valence-electron chi connectivity index (χ0n) is 9.09. The summed E-state index contributed by atoms with van der Waals surface area (Å²) in [5.41, 5.74) is -0.303. The van der Waals surface area contributed by atoms with Crippen LogP contribution in [0.5, 0.6) is 0 Å². The number of halogens is 2. The van der Waals surface area contributed by atoms with Crippen LogP contribution in [0.1, 0.15) is 17.3 Å². The van der Waals surface area contributed by atoms with Crippen molar-refractivity contribution in [3.63, 3.8) is 0 Å². The highest BCUT2D eigenvalue weighted by Gasteiger charge is 2.14. The quantitative estimate of drug-likeness (QED) is 0.853. The minimum atomic E-state index is -0.747. The number of methoxy groups -OCH3 is 1. The summed E-state index contributed by atoms with van der Waals surface area (Å²) >= 11 is 0. The van der Waals surface area contributed by atoms with Gasteiger partial charge in [0, 0.05) is 13.2 Å². The van der Waals surface area contributed by atoms with E-state index in [1.54, 1.807) is 6.92 Å². The maximum absolute atomic E-state index is 13.2. The maximum atomic E-state index is 13.2. The Morgan fingerprint density at radius 3 is 2.81 bits per heavy atom. The fourth-order valence-electron chi connectivity index (χ4n) is 1.26. The fourth-order valence-corrected chi connectivity index (χ4v) is 1.26. The first-order valence-corrected chi connectivity index (χ1v) is 4.79. The molecule has 0 fully saturated rings. The van der Waals surface area contributed by atoms with E-state index in [1.165, 1.54) is 7.11 Å². The number of ether oxygens (including phenoxy) is 1.